The third-order valence-electron chi connectivity index (χ3n) is 4.03. The Balaban J connectivity index is 1.85. The highest BCUT2D eigenvalue weighted by Crippen LogP contribution is 2.17. The van der Waals surface area contributed by atoms with Gasteiger partial charge >= 0.3 is 0 Å². The molecule has 2 aromatic carbocycles. The Morgan fingerprint density at radius 3 is 2.43 bits per heavy atom. The molecule has 0 atom stereocenters. The fraction of sp³-hybridized carbons (Fsp3) is 0.0476. The summed E-state index contributed by atoms with van der Waals surface area (Å²) in [5, 5.41) is 16.3. The number of nitro groups is 1. The summed E-state index contributed by atoms with van der Waals surface area (Å²) in [7, 11) is 0. The SMILES string of the molecule is O=C(NCc1ccco1)/C(=C/c1ccc([N+](=O)[O-])cc1)NC(=O)c1ccccc1Cl. The van der Waals surface area contributed by atoms with Crippen LogP contribution in [0.3, 0.4) is 0 Å². The van der Waals surface area contributed by atoms with Crippen LogP contribution < -0.4 is 10.6 Å². The molecule has 0 bridgehead atoms. The molecule has 9 heteroatoms. The van der Waals surface area contributed by atoms with Gasteiger partial charge in [0.15, 0.2) is 0 Å². The topological polar surface area (TPSA) is 114 Å². The van der Waals surface area contributed by atoms with Crippen LogP contribution in [0.5, 0.6) is 0 Å². The number of halogens is 1. The minimum atomic E-state index is -0.568. The maximum atomic E-state index is 12.7. The van der Waals surface area contributed by atoms with E-state index in [1.165, 1.54) is 42.7 Å². The van der Waals surface area contributed by atoms with E-state index in [4.69, 9.17) is 16.0 Å². The number of carbonyl (C=O) groups excluding carboxylic acids is 2. The molecule has 0 saturated heterocycles. The molecular weight excluding hydrogens is 410 g/mol. The Kier molecular flexibility index (Phi) is 6.61. The highest BCUT2D eigenvalue weighted by Gasteiger charge is 2.17. The Morgan fingerprint density at radius 1 is 1.07 bits per heavy atom. The van der Waals surface area contributed by atoms with Crippen molar-refractivity contribution in [3.8, 4) is 0 Å². The number of nitro benzene ring substituents is 1. The van der Waals surface area contributed by atoms with Crippen molar-refractivity contribution in [3.63, 3.8) is 0 Å². The molecule has 152 valence electrons. The molecule has 3 rings (SSSR count). The number of hydrogen-bond acceptors (Lipinski definition) is 5. The van der Waals surface area contributed by atoms with E-state index in [0.717, 1.165) is 0 Å². The van der Waals surface area contributed by atoms with Crippen LogP contribution in [0.2, 0.25) is 5.02 Å². The summed E-state index contributed by atoms with van der Waals surface area (Å²) in [6.45, 7) is 0.116. The summed E-state index contributed by atoms with van der Waals surface area (Å²) in [4.78, 5) is 35.6. The van der Waals surface area contributed by atoms with Crippen molar-refractivity contribution >= 4 is 35.2 Å². The molecule has 1 aromatic heterocycles. The molecule has 0 aliphatic heterocycles. The monoisotopic (exact) mass is 425 g/mol. The van der Waals surface area contributed by atoms with Gasteiger partial charge in [-0.3, -0.25) is 19.7 Å². The fourth-order valence-corrected chi connectivity index (χ4v) is 2.75. The Bertz CT molecular complexity index is 1090. The lowest BCUT2D eigenvalue weighted by Gasteiger charge is -2.11. The summed E-state index contributed by atoms with van der Waals surface area (Å²) in [5.74, 6) is -0.595. The number of carbonyl (C=O) groups is 2. The standard InChI is InChI=1S/C21H16ClN3O5/c22-18-6-2-1-5-17(18)20(26)24-19(21(27)23-13-16-4-3-11-30-16)12-14-7-9-15(10-8-14)25(28)29/h1-12H,13H2,(H,23,27)(H,24,26)/b19-12-. The number of benzene rings is 2. The highest BCUT2D eigenvalue weighted by atomic mass is 35.5. The van der Waals surface area contributed by atoms with E-state index in [0.29, 0.717) is 11.3 Å². The van der Waals surface area contributed by atoms with E-state index in [9.17, 15) is 19.7 Å². The van der Waals surface area contributed by atoms with E-state index >= 15 is 0 Å². The lowest BCUT2D eigenvalue weighted by atomic mass is 10.1. The summed E-state index contributed by atoms with van der Waals surface area (Å²) < 4.78 is 5.18. The zero-order chi connectivity index (χ0) is 21.5. The van der Waals surface area contributed by atoms with Crippen molar-refractivity contribution in [2.45, 2.75) is 6.54 Å². The van der Waals surface area contributed by atoms with Gasteiger partial charge in [-0.15, -0.1) is 0 Å². The van der Waals surface area contributed by atoms with Crippen LogP contribution in [0, 0.1) is 10.1 Å². The van der Waals surface area contributed by atoms with Gasteiger partial charge in [0.05, 0.1) is 28.3 Å². The maximum Gasteiger partial charge on any atom is 0.269 e. The number of hydrogen-bond donors (Lipinski definition) is 2. The molecule has 0 spiro atoms. The van der Waals surface area contributed by atoms with Gasteiger partial charge in [0, 0.05) is 12.1 Å². The zero-order valence-electron chi connectivity index (χ0n) is 15.5. The number of furan rings is 1. The molecule has 0 aliphatic rings. The lowest BCUT2D eigenvalue weighted by molar-refractivity contribution is -0.384. The van der Waals surface area contributed by atoms with Crippen LogP contribution in [-0.2, 0) is 11.3 Å². The molecule has 8 nitrogen and oxygen atoms in total. The molecule has 30 heavy (non-hydrogen) atoms. The zero-order valence-corrected chi connectivity index (χ0v) is 16.3. The van der Waals surface area contributed by atoms with Crippen LogP contribution in [0.25, 0.3) is 6.08 Å². The van der Waals surface area contributed by atoms with Gasteiger partial charge < -0.3 is 15.1 Å². The van der Waals surface area contributed by atoms with Gasteiger partial charge in [0.1, 0.15) is 11.5 Å². The first-order valence-electron chi connectivity index (χ1n) is 8.76. The largest absolute Gasteiger partial charge is 0.467 e. The predicted molar refractivity (Wildman–Crippen MR) is 111 cm³/mol. The van der Waals surface area contributed by atoms with Gasteiger partial charge in [-0.05, 0) is 48.0 Å². The van der Waals surface area contributed by atoms with Crippen LogP contribution in [-0.4, -0.2) is 16.7 Å². The predicted octanol–water partition coefficient (Wildman–Crippen LogP) is 3.93. The first-order chi connectivity index (χ1) is 14.4. The van der Waals surface area contributed by atoms with Crippen molar-refractivity contribution in [2.75, 3.05) is 0 Å². The molecule has 0 fully saturated rings. The molecule has 1 heterocycles. The van der Waals surface area contributed by atoms with Crippen LogP contribution in [0.4, 0.5) is 5.69 Å². The lowest BCUT2D eigenvalue weighted by Crippen LogP contribution is -2.34. The van der Waals surface area contributed by atoms with Crippen LogP contribution in [0.15, 0.2) is 77.0 Å². The second-order valence-electron chi connectivity index (χ2n) is 6.10. The molecule has 0 aliphatic carbocycles. The average molecular weight is 426 g/mol. The van der Waals surface area contributed by atoms with Gasteiger partial charge in [0.25, 0.3) is 17.5 Å². The molecule has 3 aromatic rings. The van der Waals surface area contributed by atoms with Crippen molar-refractivity contribution < 1.29 is 18.9 Å². The number of amides is 2. The van der Waals surface area contributed by atoms with Crippen molar-refractivity contribution in [3.05, 3.63) is 105 Å². The van der Waals surface area contributed by atoms with E-state index in [2.05, 4.69) is 10.6 Å². The summed E-state index contributed by atoms with van der Waals surface area (Å²) in [6.07, 6.45) is 2.89. The van der Waals surface area contributed by atoms with E-state index in [1.807, 2.05) is 0 Å². The van der Waals surface area contributed by atoms with Crippen molar-refractivity contribution in [2.24, 2.45) is 0 Å². The summed E-state index contributed by atoms with van der Waals surface area (Å²) >= 11 is 6.06. The number of nitrogens with one attached hydrogen (secondary N) is 2. The van der Waals surface area contributed by atoms with Gasteiger partial charge in [-0.25, -0.2) is 0 Å². The molecular formula is C21H16ClN3O5. The fourth-order valence-electron chi connectivity index (χ4n) is 2.53. The van der Waals surface area contributed by atoms with Crippen molar-refractivity contribution in [1.82, 2.24) is 10.6 Å². The minimum Gasteiger partial charge on any atom is -0.467 e. The molecule has 0 unspecified atom stereocenters. The van der Waals surface area contributed by atoms with Gasteiger partial charge in [-0.2, -0.15) is 0 Å². The molecule has 0 saturated carbocycles. The van der Waals surface area contributed by atoms with E-state index in [1.54, 1.807) is 30.3 Å². The Labute approximate surface area is 176 Å². The average Bonchev–Trinajstić information content (AvgIpc) is 3.26. The Morgan fingerprint density at radius 2 is 1.80 bits per heavy atom. The second-order valence-corrected chi connectivity index (χ2v) is 6.51. The molecule has 0 radical (unpaired) electrons. The quantitative estimate of drug-likeness (QED) is 0.338. The first-order valence-corrected chi connectivity index (χ1v) is 9.14. The van der Waals surface area contributed by atoms with E-state index < -0.39 is 16.7 Å². The highest BCUT2D eigenvalue weighted by molar-refractivity contribution is 6.34. The van der Waals surface area contributed by atoms with E-state index in [-0.39, 0.29) is 28.5 Å². The number of nitrogens with zero attached hydrogens (tertiary/aromatic N) is 1. The third kappa shape index (κ3) is 5.33. The number of rotatable bonds is 7. The smallest absolute Gasteiger partial charge is 0.269 e. The second kappa shape index (κ2) is 9.53. The Hall–Kier alpha value is -3.91. The maximum absolute atomic E-state index is 12.7. The van der Waals surface area contributed by atoms with Gasteiger partial charge in [0.2, 0.25) is 0 Å². The number of non-ortho nitro benzene ring substituents is 1. The third-order valence-corrected chi connectivity index (χ3v) is 4.36. The first kappa shape index (κ1) is 20.8. The van der Waals surface area contributed by atoms with Crippen LogP contribution in [0.1, 0.15) is 21.7 Å². The normalized spacial score (nSPS) is 11.0. The minimum absolute atomic E-state index is 0.0553. The summed E-state index contributed by atoms with van der Waals surface area (Å²) in [5.41, 5.74) is 0.548. The summed E-state index contributed by atoms with van der Waals surface area (Å²) in [6, 6.07) is 15.4. The molecule has 2 amide bonds. The molecule has 2 N–H and O–H groups in total. The van der Waals surface area contributed by atoms with Crippen LogP contribution >= 0.6 is 11.6 Å². The van der Waals surface area contributed by atoms with Crippen molar-refractivity contribution in [1.29, 1.82) is 0 Å². The van der Waals surface area contributed by atoms with Gasteiger partial charge in [-0.1, -0.05) is 23.7 Å².